The Morgan fingerprint density at radius 2 is 1.93 bits per heavy atom. The van der Waals surface area contributed by atoms with Gasteiger partial charge in [-0.3, -0.25) is 14.7 Å². The van der Waals surface area contributed by atoms with Crippen LogP contribution >= 0.6 is 0 Å². The van der Waals surface area contributed by atoms with Crippen LogP contribution in [0.5, 0.6) is 0 Å². The van der Waals surface area contributed by atoms with Gasteiger partial charge in [-0.15, -0.1) is 0 Å². The average molecular weight is 360 g/mol. The van der Waals surface area contributed by atoms with Gasteiger partial charge in [0.2, 0.25) is 5.91 Å². The molecule has 4 rings (SSSR count). The number of anilines is 2. The molecule has 134 valence electrons. The van der Waals surface area contributed by atoms with Gasteiger partial charge in [-0.1, -0.05) is 30.3 Å². The van der Waals surface area contributed by atoms with Gasteiger partial charge in [0.1, 0.15) is 12.0 Å². The lowest BCUT2D eigenvalue weighted by atomic mass is 10.1. The van der Waals surface area contributed by atoms with Crippen molar-refractivity contribution in [1.82, 2.24) is 15.2 Å². The molecule has 0 fully saturated rings. The minimum absolute atomic E-state index is 0.134. The minimum atomic E-state index is -0.335. The Labute approximate surface area is 154 Å². The summed E-state index contributed by atoms with van der Waals surface area (Å²) in [4.78, 5) is 28.9. The Balaban J connectivity index is 1.54. The number of hydrogen-bond acceptors (Lipinski definition) is 5. The van der Waals surface area contributed by atoms with Gasteiger partial charge in [-0.25, -0.2) is 9.99 Å². The molecule has 1 aliphatic rings. The highest BCUT2D eigenvalue weighted by molar-refractivity contribution is 6.44. The molecule has 8 heteroatoms. The lowest BCUT2D eigenvalue weighted by Crippen LogP contribution is -2.36. The zero-order valence-electron chi connectivity index (χ0n) is 14.3. The number of rotatable bonds is 4. The van der Waals surface area contributed by atoms with Crippen molar-refractivity contribution in [2.75, 3.05) is 10.3 Å². The first-order chi connectivity index (χ1) is 13.2. The third-order valence-electron chi connectivity index (χ3n) is 4.10. The molecule has 1 aromatic heterocycles. The summed E-state index contributed by atoms with van der Waals surface area (Å²) in [5.41, 5.74) is 2.36. The van der Waals surface area contributed by atoms with Crippen molar-refractivity contribution in [3.8, 4) is 11.4 Å². The van der Waals surface area contributed by atoms with Crippen LogP contribution in [0, 0.1) is 0 Å². The monoisotopic (exact) mass is 360 g/mol. The lowest BCUT2D eigenvalue weighted by molar-refractivity contribution is -0.118. The first-order valence-electron chi connectivity index (χ1n) is 8.43. The summed E-state index contributed by atoms with van der Waals surface area (Å²) in [6.07, 6.45) is 1.96. The molecule has 2 heterocycles. The van der Waals surface area contributed by atoms with Crippen molar-refractivity contribution in [3.63, 3.8) is 0 Å². The highest BCUT2D eigenvalue weighted by Gasteiger charge is 2.25. The molecule has 2 N–H and O–H groups in total. The van der Waals surface area contributed by atoms with E-state index < -0.39 is 0 Å². The predicted molar refractivity (Wildman–Crippen MR) is 101 cm³/mol. The number of benzene rings is 2. The van der Waals surface area contributed by atoms with Gasteiger partial charge >= 0.3 is 0 Å². The number of carbonyl (C=O) groups excluding carboxylic acids is 2. The van der Waals surface area contributed by atoms with Crippen LogP contribution in [-0.4, -0.2) is 32.7 Å². The van der Waals surface area contributed by atoms with Crippen LogP contribution in [0.4, 0.5) is 11.4 Å². The normalized spacial score (nSPS) is 14.0. The Hall–Kier alpha value is -3.81. The standard InChI is InChI=1S/C19H16N6O2/c26-17-10-9-16(24-25(17)15-7-2-1-3-8-15)19(27)22-14-6-4-5-13(11-14)18-20-12-21-23-18/h1-8,11-12H,9-10H2,(H,22,27)(H,20,21,23). The van der Waals surface area contributed by atoms with Crippen molar-refractivity contribution in [2.24, 2.45) is 5.10 Å². The molecule has 0 aliphatic carbocycles. The summed E-state index contributed by atoms with van der Waals surface area (Å²) < 4.78 is 0. The van der Waals surface area contributed by atoms with Crippen LogP contribution in [0.3, 0.4) is 0 Å². The maximum absolute atomic E-state index is 12.6. The van der Waals surface area contributed by atoms with Gasteiger partial charge in [0.15, 0.2) is 5.82 Å². The van der Waals surface area contributed by atoms with Crippen molar-refractivity contribution in [1.29, 1.82) is 0 Å². The van der Waals surface area contributed by atoms with Crippen LogP contribution in [0.15, 0.2) is 66.0 Å². The summed E-state index contributed by atoms with van der Waals surface area (Å²) in [5, 5.41) is 15.0. The van der Waals surface area contributed by atoms with Crippen molar-refractivity contribution in [3.05, 3.63) is 60.9 Å². The van der Waals surface area contributed by atoms with Crippen LogP contribution < -0.4 is 10.3 Å². The fourth-order valence-electron chi connectivity index (χ4n) is 2.78. The van der Waals surface area contributed by atoms with Gasteiger partial charge < -0.3 is 5.32 Å². The number of carbonyl (C=O) groups is 2. The third-order valence-corrected chi connectivity index (χ3v) is 4.10. The molecule has 0 spiro atoms. The van der Waals surface area contributed by atoms with Gasteiger partial charge in [-0.2, -0.15) is 10.2 Å². The minimum Gasteiger partial charge on any atom is -0.321 e. The maximum atomic E-state index is 12.6. The summed E-state index contributed by atoms with van der Waals surface area (Å²) in [5.74, 6) is 0.144. The molecule has 2 aromatic carbocycles. The molecular weight excluding hydrogens is 344 g/mol. The number of H-pyrrole nitrogens is 1. The Kier molecular flexibility index (Phi) is 4.44. The second-order valence-corrected chi connectivity index (χ2v) is 5.96. The number of nitrogens with one attached hydrogen (secondary N) is 2. The van der Waals surface area contributed by atoms with E-state index in [1.165, 1.54) is 11.3 Å². The summed E-state index contributed by atoms with van der Waals surface area (Å²) >= 11 is 0. The Morgan fingerprint density at radius 3 is 2.70 bits per heavy atom. The van der Waals surface area contributed by atoms with Gasteiger partial charge in [0.25, 0.3) is 5.91 Å². The number of para-hydroxylation sites is 1. The molecular formula is C19H16N6O2. The van der Waals surface area contributed by atoms with Crippen LogP contribution in [0.1, 0.15) is 12.8 Å². The number of amides is 2. The van der Waals surface area contributed by atoms with E-state index in [1.807, 2.05) is 30.3 Å². The number of hydrogen-bond donors (Lipinski definition) is 2. The molecule has 0 bridgehead atoms. The van der Waals surface area contributed by atoms with E-state index in [0.29, 0.717) is 29.3 Å². The van der Waals surface area contributed by atoms with E-state index in [1.54, 1.807) is 24.3 Å². The lowest BCUT2D eigenvalue weighted by Gasteiger charge is -2.23. The van der Waals surface area contributed by atoms with Gasteiger partial charge in [0.05, 0.1) is 5.69 Å². The molecule has 0 saturated carbocycles. The van der Waals surface area contributed by atoms with Crippen LogP contribution in [0.2, 0.25) is 0 Å². The molecule has 0 saturated heterocycles. The molecule has 0 atom stereocenters. The number of nitrogens with zero attached hydrogens (tertiary/aromatic N) is 4. The first kappa shape index (κ1) is 16.6. The van der Waals surface area contributed by atoms with E-state index in [4.69, 9.17) is 0 Å². The molecule has 8 nitrogen and oxygen atoms in total. The van der Waals surface area contributed by atoms with E-state index in [0.717, 1.165) is 5.56 Å². The number of aromatic nitrogens is 3. The number of aromatic amines is 1. The van der Waals surface area contributed by atoms with Gasteiger partial charge in [0, 0.05) is 24.1 Å². The average Bonchev–Trinajstić information content (AvgIpc) is 3.24. The van der Waals surface area contributed by atoms with E-state index in [9.17, 15) is 9.59 Å². The molecule has 2 amide bonds. The zero-order chi connectivity index (χ0) is 18.6. The van der Waals surface area contributed by atoms with E-state index in [-0.39, 0.29) is 18.2 Å². The topological polar surface area (TPSA) is 103 Å². The molecule has 1 aliphatic heterocycles. The Morgan fingerprint density at radius 1 is 1.07 bits per heavy atom. The van der Waals surface area contributed by atoms with Crippen molar-refractivity contribution < 1.29 is 9.59 Å². The molecule has 0 radical (unpaired) electrons. The van der Waals surface area contributed by atoms with Crippen LogP contribution in [-0.2, 0) is 9.59 Å². The molecule has 27 heavy (non-hydrogen) atoms. The Bertz CT molecular complexity index is 998. The van der Waals surface area contributed by atoms with Gasteiger partial charge in [-0.05, 0) is 24.3 Å². The second-order valence-electron chi connectivity index (χ2n) is 5.96. The largest absolute Gasteiger partial charge is 0.321 e. The third kappa shape index (κ3) is 3.59. The van der Waals surface area contributed by atoms with Crippen molar-refractivity contribution >= 4 is 28.9 Å². The zero-order valence-corrected chi connectivity index (χ0v) is 14.3. The van der Waals surface area contributed by atoms with E-state index in [2.05, 4.69) is 25.6 Å². The van der Waals surface area contributed by atoms with E-state index >= 15 is 0 Å². The fraction of sp³-hybridized carbons (Fsp3) is 0.105. The highest BCUT2D eigenvalue weighted by Crippen LogP contribution is 2.21. The van der Waals surface area contributed by atoms with Crippen molar-refractivity contribution in [2.45, 2.75) is 12.8 Å². The molecule has 3 aromatic rings. The summed E-state index contributed by atoms with van der Waals surface area (Å²) in [6, 6.07) is 16.3. The number of hydrazone groups is 1. The summed E-state index contributed by atoms with van der Waals surface area (Å²) in [6.45, 7) is 0. The highest BCUT2D eigenvalue weighted by atomic mass is 16.2. The SMILES string of the molecule is O=C(Nc1cccc(-c2ncn[nH]2)c1)C1=NN(c2ccccc2)C(=O)CC1. The maximum Gasteiger partial charge on any atom is 0.271 e. The summed E-state index contributed by atoms with van der Waals surface area (Å²) in [7, 11) is 0. The predicted octanol–water partition coefficient (Wildman–Crippen LogP) is 2.59. The smallest absolute Gasteiger partial charge is 0.271 e. The quantitative estimate of drug-likeness (QED) is 0.746. The first-order valence-corrected chi connectivity index (χ1v) is 8.43. The fourth-order valence-corrected chi connectivity index (χ4v) is 2.78. The van der Waals surface area contributed by atoms with Crippen LogP contribution in [0.25, 0.3) is 11.4 Å². The molecule has 0 unspecified atom stereocenters. The second kappa shape index (κ2) is 7.20.